The average Bonchev–Trinajstić information content (AvgIpc) is 2.30. The number of hydrogen-bond donors (Lipinski definition) is 2. The number of benzene rings is 1. The van der Waals surface area contributed by atoms with E-state index in [0.29, 0.717) is 0 Å². The fourth-order valence-electron chi connectivity index (χ4n) is 1.57. The number of amides is 1. The second-order valence-electron chi connectivity index (χ2n) is 4.55. The Labute approximate surface area is 109 Å². The van der Waals surface area contributed by atoms with Crippen molar-refractivity contribution in [2.24, 2.45) is 5.92 Å². The van der Waals surface area contributed by atoms with E-state index in [4.69, 9.17) is 5.11 Å². The molecule has 4 nitrogen and oxygen atoms in total. The minimum absolute atomic E-state index is 0.201. The van der Waals surface area contributed by atoms with Gasteiger partial charge in [-0.25, -0.2) is 13.6 Å². The molecule has 1 atom stereocenters. The van der Waals surface area contributed by atoms with Crippen molar-refractivity contribution in [3.8, 4) is 0 Å². The molecule has 0 bridgehead atoms. The first kappa shape index (κ1) is 15.1. The third kappa shape index (κ3) is 4.31. The Balaban J connectivity index is 2.69. The Kier molecular flexibility index (Phi) is 4.97. The lowest BCUT2D eigenvalue weighted by Gasteiger charge is -2.17. The first-order valence-electron chi connectivity index (χ1n) is 5.77. The van der Waals surface area contributed by atoms with Crippen molar-refractivity contribution >= 4 is 11.9 Å². The summed E-state index contributed by atoms with van der Waals surface area (Å²) in [5.41, 5.74) is 0.282. The number of hydrogen-bond acceptors (Lipinski definition) is 2. The maximum atomic E-state index is 12.9. The average molecular weight is 271 g/mol. The van der Waals surface area contributed by atoms with Gasteiger partial charge in [-0.05, 0) is 23.6 Å². The standard InChI is InChI=1S/C13H15F2NO3/c1-7(2)12(13(18)19)16-11(17)6-8-3-4-9(14)10(15)5-8/h3-5,7,12H,6H2,1-2H3,(H,16,17)(H,18,19)/t12-/m0/s1. The minimum Gasteiger partial charge on any atom is -0.480 e. The first-order chi connectivity index (χ1) is 8.81. The maximum absolute atomic E-state index is 12.9. The molecule has 0 unspecified atom stereocenters. The Morgan fingerprint density at radius 3 is 2.37 bits per heavy atom. The molecule has 2 N–H and O–H groups in total. The molecule has 0 spiro atoms. The van der Waals surface area contributed by atoms with Gasteiger partial charge in [0.1, 0.15) is 6.04 Å². The summed E-state index contributed by atoms with van der Waals surface area (Å²) in [4.78, 5) is 22.5. The molecular formula is C13H15F2NO3. The molecule has 0 aliphatic carbocycles. The van der Waals surface area contributed by atoms with Crippen molar-refractivity contribution in [2.75, 3.05) is 0 Å². The number of carboxylic acid groups (broad SMARTS) is 1. The lowest BCUT2D eigenvalue weighted by Crippen LogP contribution is -2.44. The molecule has 1 aromatic rings. The predicted octanol–water partition coefficient (Wildman–Crippen LogP) is 1.73. The van der Waals surface area contributed by atoms with Crippen molar-refractivity contribution in [1.82, 2.24) is 5.32 Å². The first-order valence-corrected chi connectivity index (χ1v) is 5.77. The summed E-state index contributed by atoms with van der Waals surface area (Å²) >= 11 is 0. The topological polar surface area (TPSA) is 66.4 Å². The SMILES string of the molecule is CC(C)[C@H](NC(=O)Cc1ccc(F)c(F)c1)C(=O)O. The number of halogens is 2. The smallest absolute Gasteiger partial charge is 0.326 e. The summed E-state index contributed by atoms with van der Waals surface area (Å²) in [7, 11) is 0. The van der Waals surface area contributed by atoms with E-state index in [1.54, 1.807) is 13.8 Å². The largest absolute Gasteiger partial charge is 0.480 e. The van der Waals surface area contributed by atoms with Gasteiger partial charge >= 0.3 is 5.97 Å². The third-order valence-corrected chi connectivity index (χ3v) is 2.60. The van der Waals surface area contributed by atoms with Gasteiger partial charge in [0.2, 0.25) is 5.91 Å². The summed E-state index contributed by atoms with van der Waals surface area (Å²) in [6.45, 7) is 3.33. The van der Waals surface area contributed by atoms with E-state index in [9.17, 15) is 18.4 Å². The summed E-state index contributed by atoms with van der Waals surface area (Å²) in [5, 5.41) is 11.3. The Morgan fingerprint density at radius 1 is 1.26 bits per heavy atom. The van der Waals surface area contributed by atoms with Crippen LogP contribution < -0.4 is 5.32 Å². The van der Waals surface area contributed by atoms with Crippen LogP contribution in [0.2, 0.25) is 0 Å². The third-order valence-electron chi connectivity index (χ3n) is 2.60. The van der Waals surface area contributed by atoms with Gasteiger partial charge < -0.3 is 10.4 Å². The molecule has 1 aromatic carbocycles. The molecule has 0 fully saturated rings. The van der Waals surface area contributed by atoms with Gasteiger partial charge in [-0.2, -0.15) is 0 Å². The van der Waals surface area contributed by atoms with Gasteiger partial charge in [0, 0.05) is 0 Å². The summed E-state index contributed by atoms with van der Waals surface area (Å²) < 4.78 is 25.7. The highest BCUT2D eigenvalue weighted by atomic mass is 19.2. The van der Waals surface area contributed by atoms with Crippen LogP contribution >= 0.6 is 0 Å². The highest BCUT2D eigenvalue weighted by Crippen LogP contribution is 2.10. The number of carbonyl (C=O) groups is 2. The molecule has 0 aliphatic rings. The molecule has 6 heteroatoms. The highest BCUT2D eigenvalue weighted by Gasteiger charge is 2.23. The molecule has 0 aromatic heterocycles. The fourth-order valence-corrected chi connectivity index (χ4v) is 1.57. The molecular weight excluding hydrogens is 256 g/mol. The van der Waals surface area contributed by atoms with E-state index in [1.807, 2.05) is 0 Å². The van der Waals surface area contributed by atoms with Crippen LogP contribution in [-0.2, 0) is 16.0 Å². The summed E-state index contributed by atoms with van der Waals surface area (Å²) in [6, 6.07) is 2.12. The Morgan fingerprint density at radius 2 is 1.89 bits per heavy atom. The van der Waals surface area contributed by atoms with E-state index in [1.165, 1.54) is 6.07 Å². The number of carboxylic acids is 1. The molecule has 0 saturated heterocycles. The zero-order chi connectivity index (χ0) is 14.6. The zero-order valence-electron chi connectivity index (χ0n) is 10.6. The van der Waals surface area contributed by atoms with Crippen molar-refractivity contribution in [3.63, 3.8) is 0 Å². The number of aliphatic carboxylic acids is 1. The molecule has 1 amide bonds. The zero-order valence-corrected chi connectivity index (χ0v) is 10.6. The van der Waals surface area contributed by atoms with Crippen LogP contribution in [0.5, 0.6) is 0 Å². The molecule has 0 radical (unpaired) electrons. The fraction of sp³-hybridized carbons (Fsp3) is 0.385. The summed E-state index contributed by atoms with van der Waals surface area (Å²) in [6.07, 6.45) is -0.201. The van der Waals surface area contributed by atoms with E-state index >= 15 is 0 Å². The van der Waals surface area contributed by atoms with Crippen LogP contribution in [0.3, 0.4) is 0 Å². The maximum Gasteiger partial charge on any atom is 0.326 e. The molecule has 0 saturated carbocycles. The van der Waals surface area contributed by atoms with Gasteiger partial charge in [-0.1, -0.05) is 19.9 Å². The highest BCUT2D eigenvalue weighted by molar-refractivity contribution is 5.85. The van der Waals surface area contributed by atoms with Crippen molar-refractivity contribution in [2.45, 2.75) is 26.3 Å². The Hall–Kier alpha value is -1.98. The monoisotopic (exact) mass is 271 g/mol. The van der Waals surface area contributed by atoms with Gasteiger partial charge in [-0.15, -0.1) is 0 Å². The van der Waals surface area contributed by atoms with Crippen molar-refractivity contribution in [1.29, 1.82) is 0 Å². The van der Waals surface area contributed by atoms with Crippen LogP contribution in [0, 0.1) is 17.6 Å². The number of rotatable bonds is 5. The van der Waals surface area contributed by atoms with Crippen LogP contribution in [-0.4, -0.2) is 23.0 Å². The quantitative estimate of drug-likeness (QED) is 0.857. The van der Waals surface area contributed by atoms with Crippen LogP contribution in [0.15, 0.2) is 18.2 Å². The van der Waals surface area contributed by atoms with E-state index in [2.05, 4.69) is 5.32 Å². The van der Waals surface area contributed by atoms with Crippen molar-refractivity contribution < 1.29 is 23.5 Å². The van der Waals surface area contributed by atoms with Crippen LogP contribution in [0.1, 0.15) is 19.4 Å². The van der Waals surface area contributed by atoms with Gasteiger partial charge in [-0.3, -0.25) is 4.79 Å². The summed E-state index contributed by atoms with van der Waals surface area (Å²) in [5.74, 6) is -3.98. The molecule has 104 valence electrons. The van der Waals surface area contributed by atoms with E-state index < -0.39 is 29.6 Å². The molecule has 19 heavy (non-hydrogen) atoms. The minimum atomic E-state index is -1.13. The van der Waals surface area contributed by atoms with Gasteiger partial charge in [0.05, 0.1) is 6.42 Å². The lowest BCUT2D eigenvalue weighted by molar-refractivity contribution is -0.143. The van der Waals surface area contributed by atoms with Crippen molar-refractivity contribution in [3.05, 3.63) is 35.4 Å². The second kappa shape index (κ2) is 6.26. The van der Waals surface area contributed by atoms with Gasteiger partial charge in [0.25, 0.3) is 0 Å². The molecule has 0 aliphatic heterocycles. The predicted molar refractivity (Wildman–Crippen MR) is 64.5 cm³/mol. The second-order valence-corrected chi connectivity index (χ2v) is 4.55. The van der Waals surface area contributed by atoms with Gasteiger partial charge in [0.15, 0.2) is 11.6 Å². The van der Waals surface area contributed by atoms with Crippen LogP contribution in [0.25, 0.3) is 0 Å². The van der Waals surface area contributed by atoms with Crippen LogP contribution in [0.4, 0.5) is 8.78 Å². The normalized spacial score (nSPS) is 12.3. The Bertz CT molecular complexity index is 489. The number of nitrogens with one attached hydrogen (secondary N) is 1. The van der Waals surface area contributed by atoms with E-state index in [-0.39, 0.29) is 17.9 Å². The van der Waals surface area contributed by atoms with E-state index in [0.717, 1.165) is 12.1 Å². The lowest BCUT2D eigenvalue weighted by atomic mass is 10.0. The molecule has 0 heterocycles. The number of carbonyl (C=O) groups excluding carboxylic acids is 1. The molecule has 1 rings (SSSR count).